The molecule has 0 radical (unpaired) electrons. The zero-order chi connectivity index (χ0) is 13.2. The van der Waals surface area contributed by atoms with Gasteiger partial charge in [0.1, 0.15) is 6.10 Å². The van der Waals surface area contributed by atoms with Gasteiger partial charge in [-0.3, -0.25) is 4.79 Å². The molecular formula is C13H25ClN2O3. The highest BCUT2D eigenvalue weighted by Gasteiger charge is 2.43. The summed E-state index contributed by atoms with van der Waals surface area (Å²) in [7, 11) is 0. The fourth-order valence-electron chi connectivity index (χ4n) is 2.53. The van der Waals surface area contributed by atoms with Crippen LogP contribution >= 0.6 is 12.4 Å². The summed E-state index contributed by atoms with van der Waals surface area (Å²) >= 11 is 0. The molecule has 112 valence electrons. The number of carbonyl (C=O) groups is 1. The van der Waals surface area contributed by atoms with Crippen molar-refractivity contribution in [2.24, 2.45) is 11.7 Å². The van der Waals surface area contributed by atoms with Gasteiger partial charge in [0, 0.05) is 19.4 Å². The Balaban J connectivity index is 0.00000180. The van der Waals surface area contributed by atoms with Crippen molar-refractivity contribution in [2.45, 2.75) is 57.5 Å². The molecule has 1 unspecified atom stereocenters. The van der Waals surface area contributed by atoms with Crippen molar-refractivity contribution in [3.63, 3.8) is 0 Å². The molecule has 0 aromatic rings. The van der Waals surface area contributed by atoms with E-state index in [0.717, 1.165) is 25.7 Å². The summed E-state index contributed by atoms with van der Waals surface area (Å²) in [6.45, 7) is 4.93. The van der Waals surface area contributed by atoms with Crippen molar-refractivity contribution in [1.29, 1.82) is 0 Å². The molecular weight excluding hydrogens is 268 g/mol. The second-order valence-electron chi connectivity index (χ2n) is 5.68. The highest BCUT2D eigenvalue weighted by atomic mass is 35.5. The van der Waals surface area contributed by atoms with Gasteiger partial charge < -0.3 is 20.5 Å². The first kappa shape index (κ1) is 16.7. The van der Waals surface area contributed by atoms with E-state index in [2.05, 4.69) is 5.32 Å². The maximum absolute atomic E-state index is 11.7. The summed E-state index contributed by atoms with van der Waals surface area (Å²) in [6.07, 6.45) is 4.24. The molecule has 1 aliphatic carbocycles. The van der Waals surface area contributed by atoms with E-state index in [1.807, 2.05) is 13.8 Å². The fraction of sp³-hybridized carbons (Fsp3) is 0.923. The minimum absolute atomic E-state index is 0. The molecule has 0 bridgehead atoms. The van der Waals surface area contributed by atoms with E-state index in [4.69, 9.17) is 15.2 Å². The van der Waals surface area contributed by atoms with Crippen LogP contribution < -0.4 is 11.1 Å². The number of rotatable bonds is 4. The lowest BCUT2D eigenvalue weighted by Crippen LogP contribution is -2.46. The van der Waals surface area contributed by atoms with Crippen LogP contribution in [0.4, 0.5) is 0 Å². The van der Waals surface area contributed by atoms with Gasteiger partial charge in [-0.2, -0.15) is 0 Å². The lowest BCUT2D eigenvalue weighted by molar-refractivity contribution is -0.161. The number of hydrogen-bond donors (Lipinski definition) is 2. The van der Waals surface area contributed by atoms with Crippen molar-refractivity contribution in [1.82, 2.24) is 5.32 Å². The lowest BCUT2D eigenvalue weighted by Gasteiger charge is -2.22. The highest BCUT2D eigenvalue weighted by Crippen LogP contribution is 2.38. The zero-order valence-corrected chi connectivity index (χ0v) is 12.5. The molecule has 19 heavy (non-hydrogen) atoms. The Hall–Kier alpha value is -0.360. The number of nitrogens with one attached hydrogen (secondary N) is 1. The normalized spacial score (nSPS) is 26.4. The third kappa shape index (κ3) is 4.05. The van der Waals surface area contributed by atoms with Crippen LogP contribution in [0.2, 0.25) is 0 Å². The fourth-order valence-corrected chi connectivity index (χ4v) is 2.53. The van der Waals surface area contributed by atoms with Gasteiger partial charge in [-0.25, -0.2) is 0 Å². The van der Waals surface area contributed by atoms with E-state index in [0.29, 0.717) is 13.2 Å². The zero-order valence-electron chi connectivity index (χ0n) is 11.7. The van der Waals surface area contributed by atoms with Crippen molar-refractivity contribution in [3.05, 3.63) is 0 Å². The van der Waals surface area contributed by atoms with E-state index in [1.165, 1.54) is 0 Å². The van der Waals surface area contributed by atoms with Crippen LogP contribution in [0.5, 0.6) is 0 Å². The monoisotopic (exact) mass is 292 g/mol. The summed E-state index contributed by atoms with van der Waals surface area (Å²) in [5, 5.41) is 2.84. The number of amides is 1. The Bertz CT molecular complexity index is 306. The number of ether oxygens (including phenoxy) is 2. The number of hydrogen-bond acceptors (Lipinski definition) is 4. The molecule has 1 saturated carbocycles. The van der Waals surface area contributed by atoms with E-state index in [-0.39, 0.29) is 36.1 Å². The van der Waals surface area contributed by atoms with E-state index in [1.54, 1.807) is 0 Å². The molecule has 0 aromatic carbocycles. The first-order valence-corrected chi connectivity index (χ1v) is 6.87. The molecule has 6 heteroatoms. The van der Waals surface area contributed by atoms with Crippen LogP contribution in [-0.2, 0) is 14.3 Å². The standard InChI is InChI=1S/C13H24N2O3.ClH/c1-9(2)11(14)12(16)15-7-10-8-17-13(18-10)5-3-4-6-13;/h9-11H,3-8,14H2,1-2H3,(H,15,16);1H/t10?,11-;/m0./s1. The Kier molecular flexibility index (Phi) is 6.05. The van der Waals surface area contributed by atoms with Crippen molar-refractivity contribution in [2.75, 3.05) is 13.2 Å². The second-order valence-corrected chi connectivity index (χ2v) is 5.68. The van der Waals surface area contributed by atoms with Crippen LogP contribution in [0, 0.1) is 5.92 Å². The summed E-state index contributed by atoms with van der Waals surface area (Å²) in [5.74, 6) is -0.317. The Morgan fingerprint density at radius 3 is 2.63 bits per heavy atom. The number of carbonyl (C=O) groups excluding carboxylic acids is 1. The number of nitrogens with two attached hydrogens (primary N) is 1. The van der Waals surface area contributed by atoms with Gasteiger partial charge in [-0.05, 0) is 18.8 Å². The van der Waals surface area contributed by atoms with Gasteiger partial charge >= 0.3 is 0 Å². The molecule has 1 aliphatic heterocycles. The Morgan fingerprint density at radius 2 is 2.05 bits per heavy atom. The van der Waals surface area contributed by atoms with Gasteiger partial charge in [0.2, 0.25) is 5.91 Å². The predicted molar refractivity (Wildman–Crippen MR) is 75.1 cm³/mol. The van der Waals surface area contributed by atoms with Gasteiger partial charge in [0.15, 0.2) is 5.79 Å². The lowest BCUT2D eigenvalue weighted by atomic mass is 10.1. The average molecular weight is 293 g/mol. The van der Waals surface area contributed by atoms with E-state index >= 15 is 0 Å². The highest BCUT2D eigenvalue weighted by molar-refractivity contribution is 5.85. The number of halogens is 1. The first-order chi connectivity index (χ1) is 8.52. The molecule has 1 amide bonds. The Labute approximate surface area is 121 Å². The SMILES string of the molecule is CC(C)[C@H](N)C(=O)NCC1COC2(CCCC2)O1.Cl. The van der Waals surface area contributed by atoms with Crippen molar-refractivity contribution < 1.29 is 14.3 Å². The minimum Gasteiger partial charge on any atom is -0.352 e. The van der Waals surface area contributed by atoms with E-state index in [9.17, 15) is 4.79 Å². The third-order valence-electron chi connectivity index (χ3n) is 3.80. The predicted octanol–water partition coefficient (Wildman–Crippen LogP) is 1.19. The summed E-state index contributed by atoms with van der Waals surface area (Å²) in [5.41, 5.74) is 5.78. The first-order valence-electron chi connectivity index (χ1n) is 6.87. The van der Waals surface area contributed by atoms with Gasteiger partial charge in [-0.15, -0.1) is 12.4 Å². The molecule has 2 atom stereocenters. The van der Waals surface area contributed by atoms with Gasteiger partial charge in [0.25, 0.3) is 0 Å². The van der Waals surface area contributed by atoms with Crippen LogP contribution in [0.15, 0.2) is 0 Å². The molecule has 5 nitrogen and oxygen atoms in total. The topological polar surface area (TPSA) is 73.6 Å². The maximum atomic E-state index is 11.7. The van der Waals surface area contributed by atoms with E-state index < -0.39 is 6.04 Å². The molecule has 2 rings (SSSR count). The Morgan fingerprint density at radius 1 is 1.42 bits per heavy atom. The molecule has 0 aromatic heterocycles. The quantitative estimate of drug-likeness (QED) is 0.816. The second kappa shape index (κ2) is 6.88. The summed E-state index contributed by atoms with van der Waals surface area (Å²) < 4.78 is 11.7. The van der Waals surface area contributed by atoms with Crippen molar-refractivity contribution in [3.8, 4) is 0 Å². The molecule has 1 spiro atoms. The van der Waals surface area contributed by atoms with Crippen LogP contribution in [0.25, 0.3) is 0 Å². The van der Waals surface area contributed by atoms with Crippen molar-refractivity contribution >= 4 is 18.3 Å². The molecule has 1 heterocycles. The van der Waals surface area contributed by atoms with Crippen LogP contribution in [0.1, 0.15) is 39.5 Å². The molecule has 3 N–H and O–H groups in total. The molecule has 2 fully saturated rings. The third-order valence-corrected chi connectivity index (χ3v) is 3.80. The maximum Gasteiger partial charge on any atom is 0.237 e. The summed E-state index contributed by atoms with van der Waals surface area (Å²) in [4.78, 5) is 11.7. The smallest absolute Gasteiger partial charge is 0.237 e. The average Bonchev–Trinajstić information content (AvgIpc) is 2.96. The van der Waals surface area contributed by atoms with Crippen LogP contribution in [0.3, 0.4) is 0 Å². The van der Waals surface area contributed by atoms with Crippen LogP contribution in [-0.4, -0.2) is 37.0 Å². The van der Waals surface area contributed by atoms with Gasteiger partial charge in [-0.1, -0.05) is 13.8 Å². The molecule has 1 saturated heterocycles. The largest absolute Gasteiger partial charge is 0.352 e. The minimum atomic E-state index is -0.451. The molecule has 2 aliphatic rings. The van der Waals surface area contributed by atoms with Gasteiger partial charge in [0.05, 0.1) is 12.6 Å². The summed E-state index contributed by atoms with van der Waals surface area (Å²) in [6, 6.07) is -0.451.